The molecule has 2 saturated heterocycles. The maximum Gasteiger partial charge on any atom is 0.402 e. The summed E-state index contributed by atoms with van der Waals surface area (Å²) in [5.74, 6) is 0.524. The Morgan fingerprint density at radius 1 is 1.10 bits per heavy atom. The average molecular weight is 434 g/mol. The number of anilines is 1. The van der Waals surface area contributed by atoms with Gasteiger partial charge in [0.25, 0.3) is 0 Å². The zero-order valence-corrected chi connectivity index (χ0v) is 17.8. The molecule has 30 heavy (non-hydrogen) atoms. The van der Waals surface area contributed by atoms with Gasteiger partial charge in [-0.2, -0.15) is 8.42 Å². The molecule has 2 aliphatic rings. The van der Waals surface area contributed by atoms with E-state index < -0.39 is 16.7 Å². The number of aromatic nitrogens is 2. The highest BCUT2D eigenvalue weighted by atomic mass is 32.3. The van der Waals surface area contributed by atoms with Crippen LogP contribution in [-0.4, -0.2) is 50.5 Å². The van der Waals surface area contributed by atoms with E-state index in [4.69, 9.17) is 13.1 Å². The molecule has 2 unspecified atom stereocenters. The molecule has 2 aliphatic heterocycles. The molecule has 1 aromatic heterocycles. The fourth-order valence-corrected chi connectivity index (χ4v) is 4.58. The second-order valence-electron chi connectivity index (χ2n) is 7.67. The van der Waals surface area contributed by atoms with Gasteiger partial charge < -0.3 is 9.64 Å². The van der Waals surface area contributed by atoms with Crippen LogP contribution in [0.2, 0.25) is 0 Å². The summed E-state index contributed by atoms with van der Waals surface area (Å²) < 4.78 is 39.9. The summed E-state index contributed by atoms with van der Waals surface area (Å²) in [4.78, 5) is 11.0. The molecule has 0 radical (unpaired) electrons. The highest BCUT2D eigenvalue weighted by Gasteiger charge is 2.38. The summed E-state index contributed by atoms with van der Waals surface area (Å²) in [6, 6.07) is 9.86. The lowest BCUT2D eigenvalue weighted by Gasteiger charge is -2.37. The summed E-state index contributed by atoms with van der Waals surface area (Å²) in [5.41, 5.74) is 2.20. The highest BCUT2D eigenvalue weighted by molar-refractivity contribution is 7.81. The topological polar surface area (TPSA) is 90.9 Å². The van der Waals surface area contributed by atoms with E-state index in [1.165, 1.54) is 0 Å². The second-order valence-corrected chi connectivity index (χ2v) is 8.92. The highest BCUT2D eigenvalue weighted by Crippen LogP contribution is 2.28. The van der Waals surface area contributed by atoms with Crippen LogP contribution in [0.1, 0.15) is 30.9 Å². The normalized spacial score (nSPS) is 24.6. The van der Waals surface area contributed by atoms with Gasteiger partial charge in [0.2, 0.25) is 5.95 Å². The average Bonchev–Trinajstić information content (AvgIpc) is 2.77. The minimum atomic E-state index is -4.02. The first-order valence-corrected chi connectivity index (χ1v) is 11.7. The Kier molecular flexibility index (Phi) is 6.62. The Hall–Kier alpha value is -2.07. The van der Waals surface area contributed by atoms with Gasteiger partial charge in [0.05, 0.1) is 12.7 Å². The monoisotopic (exact) mass is 433 g/mol. The minimum Gasteiger partial charge on any atom is -0.348 e. The van der Waals surface area contributed by atoms with Crippen LogP contribution in [0.25, 0.3) is 0 Å². The zero-order valence-electron chi connectivity index (χ0n) is 17.0. The van der Waals surface area contributed by atoms with E-state index in [2.05, 4.69) is 21.8 Å². The SMILES string of the molecule is CCc1cnc(N2CCC(OC3OS(=O)(=O)OCC3Cc3ccccc3)CC2)nc1. The van der Waals surface area contributed by atoms with Crippen molar-refractivity contribution in [2.45, 2.75) is 45.0 Å². The molecule has 9 heteroatoms. The Balaban J connectivity index is 1.36. The summed E-state index contributed by atoms with van der Waals surface area (Å²) >= 11 is 0. The van der Waals surface area contributed by atoms with E-state index in [1.807, 2.05) is 42.7 Å². The van der Waals surface area contributed by atoms with E-state index in [1.54, 1.807) is 0 Å². The van der Waals surface area contributed by atoms with Gasteiger partial charge in [-0.3, -0.25) is 0 Å². The third-order valence-corrected chi connectivity index (χ3v) is 6.37. The van der Waals surface area contributed by atoms with E-state index in [0.29, 0.717) is 6.42 Å². The lowest BCUT2D eigenvalue weighted by Crippen LogP contribution is -2.45. The molecular weight excluding hydrogens is 406 g/mol. The zero-order chi connectivity index (χ0) is 21.0. The van der Waals surface area contributed by atoms with Crippen molar-refractivity contribution in [2.24, 2.45) is 5.92 Å². The third kappa shape index (κ3) is 5.34. The van der Waals surface area contributed by atoms with Gasteiger partial charge in [0.1, 0.15) is 0 Å². The van der Waals surface area contributed by atoms with E-state index in [0.717, 1.165) is 49.4 Å². The number of nitrogens with zero attached hydrogens (tertiary/aromatic N) is 3. The van der Waals surface area contributed by atoms with Crippen molar-refractivity contribution < 1.29 is 21.5 Å². The fraction of sp³-hybridized carbons (Fsp3) is 0.524. The van der Waals surface area contributed by atoms with Crippen LogP contribution in [0.3, 0.4) is 0 Å². The van der Waals surface area contributed by atoms with Gasteiger partial charge in [-0.15, -0.1) is 0 Å². The largest absolute Gasteiger partial charge is 0.402 e. The Bertz CT molecular complexity index is 915. The molecule has 0 aliphatic carbocycles. The molecule has 0 N–H and O–H groups in total. The van der Waals surface area contributed by atoms with Crippen LogP contribution in [0.5, 0.6) is 0 Å². The van der Waals surface area contributed by atoms with Crippen molar-refractivity contribution in [1.29, 1.82) is 0 Å². The number of piperidine rings is 1. The molecule has 1 aromatic carbocycles. The van der Waals surface area contributed by atoms with Crippen molar-refractivity contribution in [2.75, 3.05) is 24.6 Å². The number of hydrogen-bond acceptors (Lipinski definition) is 8. The number of aryl methyl sites for hydroxylation is 1. The van der Waals surface area contributed by atoms with Gasteiger partial charge in [-0.25, -0.2) is 18.3 Å². The molecule has 2 fully saturated rings. The van der Waals surface area contributed by atoms with Crippen LogP contribution in [0.4, 0.5) is 5.95 Å². The van der Waals surface area contributed by atoms with E-state index in [-0.39, 0.29) is 18.6 Å². The lowest BCUT2D eigenvalue weighted by molar-refractivity contribution is -0.175. The molecule has 0 bridgehead atoms. The van der Waals surface area contributed by atoms with Gasteiger partial charge in [-0.05, 0) is 36.8 Å². The summed E-state index contributed by atoms with van der Waals surface area (Å²) in [6.07, 6.45) is 5.81. The number of ether oxygens (including phenoxy) is 1. The number of rotatable bonds is 6. The van der Waals surface area contributed by atoms with Crippen molar-refractivity contribution in [3.63, 3.8) is 0 Å². The van der Waals surface area contributed by atoms with Gasteiger partial charge >= 0.3 is 10.4 Å². The third-order valence-electron chi connectivity index (χ3n) is 5.52. The first-order valence-electron chi connectivity index (χ1n) is 10.4. The van der Waals surface area contributed by atoms with Crippen molar-refractivity contribution in [1.82, 2.24) is 9.97 Å². The molecule has 0 spiro atoms. The van der Waals surface area contributed by atoms with Crippen molar-refractivity contribution in [3.8, 4) is 0 Å². The van der Waals surface area contributed by atoms with E-state index >= 15 is 0 Å². The Morgan fingerprint density at radius 2 is 1.80 bits per heavy atom. The molecule has 2 aromatic rings. The lowest BCUT2D eigenvalue weighted by atomic mass is 9.99. The van der Waals surface area contributed by atoms with Crippen LogP contribution in [0.15, 0.2) is 42.7 Å². The molecule has 2 atom stereocenters. The summed E-state index contributed by atoms with van der Waals surface area (Å²) in [6.45, 7) is 3.62. The molecule has 162 valence electrons. The minimum absolute atomic E-state index is 0.0539. The summed E-state index contributed by atoms with van der Waals surface area (Å²) in [5, 5.41) is 0. The maximum absolute atomic E-state index is 11.8. The van der Waals surface area contributed by atoms with Gasteiger partial charge in [0.15, 0.2) is 6.29 Å². The fourth-order valence-electron chi connectivity index (χ4n) is 3.75. The number of hydrogen-bond donors (Lipinski definition) is 0. The quantitative estimate of drug-likeness (QED) is 0.686. The van der Waals surface area contributed by atoms with Crippen LogP contribution >= 0.6 is 0 Å². The summed E-state index contributed by atoms with van der Waals surface area (Å²) in [7, 11) is -4.02. The van der Waals surface area contributed by atoms with Crippen LogP contribution in [-0.2, 0) is 36.3 Å². The number of benzene rings is 1. The molecule has 4 rings (SSSR count). The van der Waals surface area contributed by atoms with Crippen LogP contribution < -0.4 is 4.90 Å². The van der Waals surface area contributed by atoms with Gasteiger partial charge in [0, 0.05) is 31.4 Å². The first kappa shape index (κ1) is 21.2. The van der Waals surface area contributed by atoms with Crippen LogP contribution in [0, 0.1) is 5.92 Å². The predicted octanol–water partition coefficient (Wildman–Crippen LogP) is 2.50. The Labute approximate surface area is 177 Å². The van der Waals surface area contributed by atoms with Gasteiger partial charge in [-0.1, -0.05) is 37.3 Å². The first-order chi connectivity index (χ1) is 14.5. The smallest absolute Gasteiger partial charge is 0.348 e. The van der Waals surface area contributed by atoms with Crippen molar-refractivity contribution in [3.05, 3.63) is 53.9 Å². The molecule has 3 heterocycles. The molecule has 0 amide bonds. The predicted molar refractivity (Wildman–Crippen MR) is 111 cm³/mol. The molecule has 0 saturated carbocycles. The van der Waals surface area contributed by atoms with Crippen molar-refractivity contribution >= 4 is 16.3 Å². The molecule has 8 nitrogen and oxygen atoms in total. The standard InChI is InChI=1S/C21H27N3O5S/c1-2-16-13-22-21(23-14-16)24-10-8-19(9-11-24)28-20-18(15-27-30(25,26)29-20)12-17-6-4-3-5-7-17/h3-7,13-14,18-20H,2,8-12,15H2,1H3. The maximum atomic E-state index is 11.8. The second kappa shape index (κ2) is 9.38. The molecular formula is C21H27N3O5S. The Morgan fingerprint density at radius 3 is 2.47 bits per heavy atom. The van der Waals surface area contributed by atoms with E-state index in [9.17, 15) is 8.42 Å².